The van der Waals surface area contributed by atoms with Gasteiger partial charge in [0.1, 0.15) is 12.9 Å². The average Bonchev–Trinajstić information content (AvgIpc) is 2.63. The number of aromatic nitrogens is 1. The average molecular weight is 419 g/mol. The molecule has 0 aliphatic carbocycles. The van der Waals surface area contributed by atoms with Crippen LogP contribution in [0.3, 0.4) is 0 Å². The fourth-order valence-corrected chi connectivity index (χ4v) is 2.58. The third-order valence-electron chi connectivity index (χ3n) is 3.59. The first kappa shape index (κ1) is 19.7. The van der Waals surface area contributed by atoms with Crippen LogP contribution in [-0.2, 0) is 9.63 Å². The smallest absolute Gasteiger partial charge is 0.262 e. The third-order valence-corrected chi connectivity index (χ3v) is 4.03. The molecule has 0 fully saturated rings. The second-order valence-electron chi connectivity index (χ2n) is 5.74. The maximum Gasteiger partial charge on any atom is 0.262 e. The lowest BCUT2D eigenvalue weighted by Crippen LogP contribution is -2.51. The van der Waals surface area contributed by atoms with E-state index < -0.39 is 17.6 Å². The number of nitrogens with zero attached hydrogens (tertiary/aromatic N) is 3. The summed E-state index contributed by atoms with van der Waals surface area (Å²) < 4.78 is 6.68. The fraction of sp³-hybridized carbons (Fsp3) is 0.333. The van der Waals surface area contributed by atoms with Crippen molar-refractivity contribution in [2.45, 2.75) is 31.9 Å². The molecule has 2 unspecified atom stereocenters. The molecule has 26 heavy (non-hydrogen) atoms. The SMILES string of the molecule is CCC(Oc1ccc2ncc(Br)cc2c1)C(=O)NC(C)(C#N)C=NOC. The van der Waals surface area contributed by atoms with Crippen molar-refractivity contribution in [3.63, 3.8) is 0 Å². The van der Waals surface area contributed by atoms with Crippen molar-refractivity contribution in [2.24, 2.45) is 5.16 Å². The van der Waals surface area contributed by atoms with Crippen molar-refractivity contribution in [3.8, 4) is 11.8 Å². The summed E-state index contributed by atoms with van der Waals surface area (Å²) in [5.74, 6) is 0.134. The number of hydrogen-bond acceptors (Lipinski definition) is 6. The highest BCUT2D eigenvalue weighted by molar-refractivity contribution is 9.10. The van der Waals surface area contributed by atoms with Gasteiger partial charge in [0.15, 0.2) is 11.6 Å². The van der Waals surface area contributed by atoms with E-state index in [0.717, 1.165) is 15.4 Å². The van der Waals surface area contributed by atoms with Gasteiger partial charge in [0, 0.05) is 16.1 Å². The number of rotatable bonds is 7. The number of hydrogen-bond donors (Lipinski definition) is 1. The van der Waals surface area contributed by atoms with Crippen molar-refractivity contribution < 1.29 is 14.4 Å². The standard InChI is InChI=1S/C18H19BrN4O3/c1-4-16(17(24)23-18(2,10-20)11-22-25-3)26-14-5-6-15-12(8-14)7-13(19)9-21-15/h5-9,11,16H,4H2,1-3H3,(H,23,24). The lowest BCUT2D eigenvalue weighted by molar-refractivity contribution is -0.128. The number of oxime groups is 1. The van der Waals surface area contributed by atoms with Crippen molar-refractivity contribution in [3.05, 3.63) is 34.9 Å². The predicted molar refractivity (Wildman–Crippen MR) is 102 cm³/mol. The zero-order valence-electron chi connectivity index (χ0n) is 14.7. The van der Waals surface area contributed by atoms with Crippen LogP contribution in [-0.4, -0.2) is 35.9 Å². The number of pyridine rings is 1. The van der Waals surface area contributed by atoms with E-state index in [9.17, 15) is 10.1 Å². The first-order chi connectivity index (χ1) is 12.4. The minimum Gasteiger partial charge on any atom is -0.481 e. The predicted octanol–water partition coefficient (Wildman–Crippen LogP) is 3.19. The van der Waals surface area contributed by atoms with E-state index in [-0.39, 0.29) is 0 Å². The molecule has 1 aromatic carbocycles. The lowest BCUT2D eigenvalue weighted by Gasteiger charge is -2.23. The van der Waals surface area contributed by atoms with Crippen LogP contribution in [0, 0.1) is 11.3 Å². The van der Waals surface area contributed by atoms with E-state index in [1.807, 2.05) is 31.2 Å². The molecule has 2 rings (SSSR count). The summed E-state index contributed by atoms with van der Waals surface area (Å²) in [5, 5.41) is 16.4. The van der Waals surface area contributed by atoms with Gasteiger partial charge >= 0.3 is 0 Å². The lowest BCUT2D eigenvalue weighted by atomic mass is 10.1. The third kappa shape index (κ3) is 4.92. The minimum atomic E-state index is -1.29. The molecule has 2 atom stereocenters. The maximum atomic E-state index is 12.5. The molecule has 7 nitrogen and oxygen atoms in total. The summed E-state index contributed by atoms with van der Waals surface area (Å²) in [7, 11) is 1.36. The highest BCUT2D eigenvalue weighted by Crippen LogP contribution is 2.23. The van der Waals surface area contributed by atoms with E-state index in [0.29, 0.717) is 12.2 Å². The highest BCUT2D eigenvalue weighted by atomic mass is 79.9. The number of fused-ring (bicyclic) bond motifs is 1. The summed E-state index contributed by atoms with van der Waals surface area (Å²) >= 11 is 3.39. The van der Waals surface area contributed by atoms with Crippen molar-refractivity contribution >= 4 is 39.0 Å². The Morgan fingerprint density at radius 3 is 2.96 bits per heavy atom. The summed E-state index contributed by atoms with van der Waals surface area (Å²) in [6.45, 7) is 3.36. The summed E-state index contributed by atoms with van der Waals surface area (Å²) in [4.78, 5) is 21.4. The quantitative estimate of drug-likeness (QED) is 0.549. The van der Waals surface area contributed by atoms with Gasteiger partial charge in [-0.15, -0.1) is 0 Å². The Hall–Kier alpha value is -2.66. The van der Waals surface area contributed by atoms with E-state index in [4.69, 9.17) is 4.74 Å². The Balaban J connectivity index is 2.16. The molecular formula is C18H19BrN4O3. The van der Waals surface area contributed by atoms with Crippen LogP contribution in [0.5, 0.6) is 5.75 Å². The molecule has 0 aliphatic rings. The van der Waals surface area contributed by atoms with Crippen LogP contribution in [0.1, 0.15) is 20.3 Å². The van der Waals surface area contributed by atoms with E-state index in [2.05, 4.69) is 36.2 Å². The Morgan fingerprint density at radius 2 is 2.31 bits per heavy atom. The van der Waals surface area contributed by atoms with E-state index in [1.54, 1.807) is 12.3 Å². The van der Waals surface area contributed by atoms with Crippen LogP contribution in [0.25, 0.3) is 10.9 Å². The largest absolute Gasteiger partial charge is 0.481 e. The second-order valence-corrected chi connectivity index (χ2v) is 6.66. The Bertz CT molecular complexity index is 865. The molecule has 1 aromatic heterocycles. The monoisotopic (exact) mass is 418 g/mol. The van der Waals surface area contributed by atoms with Crippen molar-refractivity contribution in [1.82, 2.24) is 10.3 Å². The molecule has 0 radical (unpaired) electrons. The summed E-state index contributed by atoms with van der Waals surface area (Å²) in [5.41, 5.74) is -0.465. The number of halogens is 1. The Morgan fingerprint density at radius 1 is 1.54 bits per heavy atom. The van der Waals surface area contributed by atoms with Crippen LogP contribution < -0.4 is 10.1 Å². The fourth-order valence-electron chi connectivity index (χ4n) is 2.23. The van der Waals surface area contributed by atoms with Crippen molar-refractivity contribution in [1.29, 1.82) is 5.26 Å². The number of amides is 1. The van der Waals surface area contributed by atoms with Gasteiger partial charge in [-0.25, -0.2) is 0 Å². The number of nitriles is 1. The van der Waals surface area contributed by atoms with Crippen LogP contribution in [0.15, 0.2) is 40.1 Å². The minimum absolute atomic E-state index is 0.411. The van der Waals surface area contributed by atoms with Crippen LogP contribution in [0.2, 0.25) is 0 Å². The van der Waals surface area contributed by atoms with Gasteiger partial charge in [-0.3, -0.25) is 9.78 Å². The number of benzene rings is 1. The molecule has 0 bridgehead atoms. The Kier molecular flexibility index (Phi) is 6.52. The maximum absolute atomic E-state index is 12.5. The first-order valence-corrected chi connectivity index (χ1v) is 8.73. The van der Waals surface area contributed by atoms with Gasteiger partial charge in [0.05, 0.1) is 17.8 Å². The molecular weight excluding hydrogens is 400 g/mol. The Labute approximate surface area is 160 Å². The van der Waals surface area contributed by atoms with Gasteiger partial charge in [-0.05, 0) is 53.5 Å². The number of ether oxygens (including phenoxy) is 1. The number of nitrogens with one attached hydrogen (secondary N) is 1. The van der Waals surface area contributed by atoms with Crippen LogP contribution in [0.4, 0.5) is 0 Å². The second kappa shape index (κ2) is 8.63. The first-order valence-electron chi connectivity index (χ1n) is 7.93. The molecule has 1 N–H and O–H groups in total. The molecule has 2 aromatic rings. The number of carbonyl (C=O) groups is 1. The zero-order chi connectivity index (χ0) is 19.2. The molecule has 1 amide bonds. The van der Waals surface area contributed by atoms with Crippen molar-refractivity contribution in [2.75, 3.05) is 7.11 Å². The molecule has 0 spiro atoms. The van der Waals surface area contributed by atoms with Gasteiger partial charge < -0.3 is 14.9 Å². The normalized spacial score (nSPS) is 14.4. The zero-order valence-corrected chi connectivity index (χ0v) is 16.3. The molecule has 0 aliphatic heterocycles. The van der Waals surface area contributed by atoms with Crippen LogP contribution >= 0.6 is 15.9 Å². The molecule has 0 saturated carbocycles. The molecule has 0 saturated heterocycles. The van der Waals surface area contributed by atoms with Gasteiger partial charge in [-0.1, -0.05) is 12.1 Å². The molecule has 1 heterocycles. The van der Waals surface area contributed by atoms with Gasteiger partial charge in [0.2, 0.25) is 0 Å². The summed E-state index contributed by atoms with van der Waals surface area (Å²) in [6, 6.07) is 9.31. The topological polar surface area (TPSA) is 96.6 Å². The molecule has 136 valence electrons. The van der Waals surface area contributed by atoms with E-state index >= 15 is 0 Å². The highest BCUT2D eigenvalue weighted by Gasteiger charge is 2.29. The van der Waals surface area contributed by atoms with Gasteiger partial charge in [0.25, 0.3) is 5.91 Å². The van der Waals surface area contributed by atoms with E-state index in [1.165, 1.54) is 20.2 Å². The van der Waals surface area contributed by atoms with Gasteiger partial charge in [-0.2, -0.15) is 5.26 Å². The summed E-state index contributed by atoms with van der Waals surface area (Å²) in [6.07, 6.45) is 2.63. The molecule has 8 heteroatoms. The number of carbonyl (C=O) groups excluding carboxylic acids is 1.